The number of rotatable bonds is 9. The molecule has 1 aliphatic rings. The van der Waals surface area contributed by atoms with E-state index in [1.54, 1.807) is 44.4 Å². The van der Waals surface area contributed by atoms with Crippen LogP contribution >= 0.6 is 0 Å². The van der Waals surface area contributed by atoms with Gasteiger partial charge >= 0.3 is 6.03 Å². The second-order valence-electron chi connectivity index (χ2n) is 8.81. The number of para-hydroxylation sites is 1. The number of anilines is 1. The molecule has 1 N–H and O–H groups in total. The number of aromatic nitrogens is 1. The highest BCUT2D eigenvalue weighted by Crippen LogP contribution is 2.37. The van der Waals surface area contributed by atoms with Gasteiger partial charge in [0.25, 0.3) is 0 Å². The van der Waals surface area contributed by atoms with Gasteiger partial charge in [-0.1, -0.05) is 25.1 Å². The Bertz CT molecular complexity index is 1220. The quantitative estimate of drug-likeness (QED) is 0.465. The Morgan fingerprint density at radius 1 is 0.973 bits per heavy atom. The van der Waals surface area contributed by atoms with Crippen molar-refractivity contribution in [2.45, 2.75) is 25.9 Å². The third-order valence-electron chi connectivity index (χ3n) is 6.50. The highest BCUT2D eigenvalue weighted by atomic mass is 16.5. The maximum Gasteiger partial charge on any atom is 0.322 e. The molecule has 0 saturated carbocycles. The van der Waals surface area contributed by atoms with Crippen molar-refractivity contribution in [2.75, 3.05) is 46.3 Å². The molecular formula is C28H34N4O5. The molecule has 4 rings (SSSR count). The number of ether oxygens (including phenoxy) is 3. The van der Waals surface area contributed by atoms with Crippen LogP contribution in [0.3, 0.4) is 0 Å². The van der Waals surface area contributed by atoms with E-state index in [2.05, 4.69) is 9.88 Å². The van der Waals surface area contributed by atoms with E-state index in [1.807, 2.05) is 54.4 Å². The molecule has 2 heterocycles. The number of urea groups is 1. The van der Waals surface area contributed by atoms with Crippen molar-refractivity contribution in [2.24, 2.45) is 0 Å². The number of nitrogens with one attached hydrogen (secondary N) is 1. The molecule has 0 aliphatic carbocycles. The molecule has 3 aromatic rings. The summed E-state index contributed by atoms with van der Waals surface area (Å²) in [6.45, 7) is 3.57. The molecule has 0 radical (unpaired) electrons. The molecule has 1 aromatic heterocycles. The van der Waals surface area contributed by atoms with Gasteiger partial charge in [0.05, 0.1) is 21.3 Å². The van der Waals surface area contributed by atoms with Crippen LogP contribution in [-0.4, -0.2) is 67.3 Å². The third-order valence-corrected chi connectivity index (χ3v) is 6.50. The predicted octanol–water partition coefficient (Wildman–Crippen LogP) is 4.39. The second kappa shape index (κ2) is 11.7. The summed E-state index contributed by atoms with van der Waals surface area (Å²) in [6.07, 6.45) is 2.74. The van der Waals surface area contributed by atoms with Crippen molar-refractivity contribution in [1.29, 1.82) is 0 Å². The predicted molar refractivity (Wildman–Crippen MR) is 141 cm³/mol. The van der Waals surface area contributed by atoms with E-state index in [0.29, 0.717) is 43.2 Å². The lowest BCUT2D eigenvalue weighted by Gasteiger charge is -2.38. The van der Waals surface area contributed by atoms with Gasteiger partial charge in [-0.3, -0.25) is 4.79 Å². The van der Waals surface area contributed by atoms with Crippen LogP contribution in [-0.2, 0) is 11.3 Å². The molecule has 0 saturated heterocycles. The van der Waals surface area contributed by atoms with Crippen LogP contribution < -0.4 is 19.5 Å². The van der Waals surface area contributed by atoms with Gasteiger partial charge in [0, 0.05) is 61.0 Å². The molecule has 0 fully saturated rings. The van der Waals surface area contributed by atoms with Crippen LogP contribution in [0.25, 0.3) is 0 Å². The molecular weight excluding hydrogens is 472 g/mol. The van der Waals surface area contributed by atoms with Gasteiger partial charge in [-0.15, -0.1) is 0 Å². The molecule has 2 aromatic carbocycles. The Morgan fingerprint density at radius 2 is 1.70 bits per heavy atom. The Balaban J connectivity index is 1.58. The normalized spacial score (nSPS) is 14.5. The van der Waals surface area contributed by atoms with Gasteiger partial charge in [-0.25, -0.2) is 4.79 Å². The molecule has 9 heteroatoms. The molecule has 0 unspecified atom stereocenters. The van der Waals surface area contributed by atoms with E-state index < -0.39 is 0 Å². The average molecular weight is 507 g/mol. The zero-order valence-electron chi connectivity index (χ0n) is 21.8. The number of carbonyl (C=O) groups is 2. The van der Waals surface area contributed by atoms with Crippen LogP contribution in [0.1, 0.15) is 30.6 Å². The summed E-state index contributed by atoms with van der Waals surface area (Å²) in [6, 6.07) is 16.2. The number of hydrogen-bond acceptors (Lipinski definition) is 5. The number of benzene rings is 2. The fourth-order valence-corrected chi connectivity index (χ4v) is 4.73. The summed E-state index contributed by atoms with van der Waals surface area (Å²) in [5.74, 6) is 1.71. The summed E-state index contributed by atoms with van der Waals surface area (Å²) < 4.78 is 18.4. The molecule has 196 valence electrons. The lowest BCUT2D eigenvalue weighted by molar-refractivity contribution is -0.134. The first-order valence-corrected chi connectivity index (χ1v) is 12.4. The minimum absolute atomic E-state index is 0.0485. The number of amides is 3. The van der Waals surface area contributed by atoms with Gasteiger partial charge in [-0.05, 0) is 24.6 Å². The van der Waals surface area contributed by atoms with E-state index in [9.17, 15) is 9.59 Å². The van der Waals surface area contributed by atoms with Crippen molar-refractivity contribution in [3.05, 3.63) is 72.1 Å². The smallest absolute Gasteiger partial charge is 0.322 e. The fraction of sp³-hybridized carbons (Fsp3) is 0.357. The molecule has 3 amide bonds. The molecule has 0 spiro atoms. The van der Waals surface area contributed by atoms with E-state index in [0.717, 1.165) is 17.0 Å². The van der Waals surface area contributed by atoms with Gasteiger partial charge < -0.3 is 33.9 Å². The molecule has 37 heavy (non-hydrogen) atoms. The number of fused-ring (bicyclic) bond motifs is 1. The number of methoxy groups -OCH3 is 3. The van der Waals surface area contributed by atoms with Crippen molar-refractivity contribution in [1.82, 2.24) is 14.4 Å². The standard InChI is InChI=1S/C28H34N4O5/c1-5-12-31(28(34)29-20-16-21(35-2)18-22(17-20)36-3)19-26(33)32-15-14-30-13-8-10-24(30)27(32)23-9-6-7-11-25(23)37-4/h6-11,13,16-18,27H,5,12,14-15,19H2,1-4H3,(H,29,34)/t27-/m0/s1. The SMILES string of the molecule is CCCN(CC(=O)N1CCn2cccc2[C@@H]1c1ccccc1OC)C(=O)Nc1cc(OC)cc(OC)c1. The van der Waals surface area contributed by atoms with Gasteiger partial charge in [0.2, 0.25) is 5.91 Å². The first-order chi connectivity index (χ1) is 18.0. The molecule has 1 aliphatic heterocycles. The Kier molecular flexibility index (Phi) is 8.22. The van der Waals surface area contributed by atoms with Crippen LogP contribution in [0, 0.1) is 0 Å². The third kappa shape index (κ3) is 5.66. The lowest BCUT2D eigenvalue weighted by atomic mass is 9.98. The summed E-state index contributed by atoms with van der Waals surface area (Å²) in [5.41, 5.74) is 2.45. The molecule has 9 nitrogen and oxygen atoms in total. The summed E-state index contributed by atoms with van der Waals surface area (Å²) in [5, 5.41) is 2.89. The molecule has 1 atom stereocenters. The van der Waals surface area contributed by atoms with E-state index >= 15 is 0 Å². The Morgan fingerprint density at radius 3 is 2.38 bits per heavy atom. The first kappa shape index (κ1) is 25.9. The summed E-state index contributed by atoms with van der Waals surface area (Å²) in [7, 11) is 4.74. The fourth-order valence-electron chi connectivity index (χ4n) is 4.73. The van der Waals surface area contributed by atoms with Gasteiger partial charge in [0.15, 0.2) is 0 Å². The minimum Gasteiger partial charge on any atom is -0.497 e. The maximum absolute atomic E-state index is 13.8. The lowest BCUT2D eigenvalue weighted by Crippen LogP contribution is -2.49. The van der Waals surface area contributed by atoms with Crippen molar-refractivity contribution < 1.29 is 23.8 Å². The maximum atomic E-state index is 13.8. The Hall–Kier alpha value is -4.14. The zero-order chi connectivity index (χ0) is 26.4. The number of nitrogens with zero attached hydrogens (tertiary/aromatic N) is 3. The largest absolute Gasteiger partial charge is 0.497 e. The van der Waals surface area contributed by atoms with Crippen LogP contribution in [0.4, 0.5) is 10.5 Å². The monoisotopic (exact) mass is 506 g/mol. The van der Waals surface area contributed by atoms with E-state index in [-0.39, 0.29) is 24.5 Å². The number of carbonyl (C=O) groups excluding carboxylic acids is 2. The second-order valence-corrected chi connectivity index (χ2v) is 8.81. The van der Waals surface area contributed by atoms with Gasteiger partial charge in [0.1, 0.15) is 29.8 Å². The average Bonchev–Trinajstić information content (AvgIpc) is 3.41. The van der Waals surface area contributed by atoms with E-state index in [1.165, 1.54) is 0 Å². The topological polar surface area (TPSA) is 85.3 Å². The zero-order valence-corrected chi connectivity index (χ0v) is 21.8. The first-order valence-electron chi connectivity index (χ1n) is 12.4. The highest BCUT2D eigenvalue weighted by Gasteiger charge is 2.34. The van der Waals surface area contributed by atoms with Crippen LogP contribution in [0.2, 0.25) is 0 Å². The van der Waals surface area contributed by atoms with Gasteiger partial charge in [-0.2, -0.15) is 0 Å². The Labute approximate surface area is 217 Å². The van der Waals surface area contributed by atoms with Crippen LogP contribution in [0.15, 0.2) is 60.8 Å². The van der Waals surface area contributed by atoms with Crippen molar-refractivity contribution in [3.8, 4) is 17.2 Å². The minimum atomic E-state index is -0.361. The van der Waals surface area contributed by atoms with Crippen molar-refractivity contribution >= 4 is 17.6 Å². The van der Waals surface area contributed by atoms with Crippen molar-refractivity contribution in [3.63, 3.8) is 0 Å². The summed E-state index contributed by atoms with van der Waals surface area (Å²) in [4.78, 5) is 30.4. The van der Waals surface area contributed by atoms with E-state index in [4.69, 9.17) is 14.2 Å². The van der Waals surface area contributed by atoms with Crippen LogP contribution in [0.5, 0.6) is 17.2 Å². The molecule has 0 bridgehead atoms. The summed E-state index contributed by atoms with van der Waals surface area (Å²) >= 11 is 0. The number of hydrogen-bond donors (Lipinski definition) is 1. The highest BCUT2D eigenvalue weighted by molar-refractivity contribution is 5.93.